The van der Waals surface area contributed by atoms with Gasteiger partial charge in [-0.25, -0.2) is 19.2 Å². The van der Waals surface area contributed by atoms with Crippen LogP contribution in [-0.4, -0.2) is 76.5 Å². The first-order chi connectivity index (χ1) is 16.7. The second kappa shape index (κ2) is 10.2. The average Bonchev–Trinajstić information content (AvgIpc) is 3.16. The zero-order valence-electron chi connectivity index (χ0n) is 19.8. The number of hydrogen-bond acceptors (Lipinski definition) is 7. The predicted octanol–water partition coefficient (Wildman–Crippen LogP) is 1.52. The van der Waals surface area contributed by atoms with Gasteiger partial charge in [-0.05, 0) is 43.2 Å². The molecular formula is C22H28FN7O4S. The van der Waals surface area contributed by atoms with Crippen LogP contribution in [0.15, 0.2) is 47.5 Å². The number of rotatable bonds is 8. The first-order valence-corrected chi connectivity index (χ1v) is 12.4. The van der Waals surface area contributed by atoms with E-state index in [0.717, 1.165) is 0 Å². The molecule has 35 heavy (non-hydrogen) atoms. The Labute approximate surface area is 203 Å². The van der Waals surface area contributed by atoms with E-state index in [1.54, 1.807) is 18.5 Å². The standard InChI is InChI=1S/C22H28FN7O4S/c1-27(2)35(32,33)29-12-9-17(10-13-29)25-21-24-11-8-19(26-21)20-14-28(15-34-3)22(31)30(20)18-6-4-16(23)5-7-18/h4-8,11,14,17H,9-10,12-13,15H2,1-3H3,(H,24,25,26). The largest absolute Gasteiger partial charge is 0.364 e. The molecule has 1 aromatic carbocycles. The van der Waals surface area contributed by atoms with Crippen molar-refractivity contribution in [3.05, 3.63) is 59.0 Å². The van der Waals surface area contributed by atoms with E-state index in [1.807, 2.05) is 0 Å². The quantitative estimate of drug-likeness (QED) is 0.494. The summed E-state index contributed by atoms with van der Waals surface area (Å²) in [5, 5.41) is 3.28. The van der Waals surface area contributed by atoms with Crippen molar-refractivity contribution in [2.75, 3.05) is 39.6 Å². The third-order valence-electron chi connectivity index (χ3n) is 5.80. The molecule has 188 valence electrons. The number of halogens is 1. The third kappa shape index (κ3) is 5.27. The fourth-order valence-corrected chi connectivity index (χ4v) is 5.09. The van der Waals surface area contributed by atoms with Crippen molar-refractivity contribution in [2.45, 2.75) is 25.6 Å². The Balaban J connectivity index is 1.58. The topological polar surface area (TPSA) is 115 Å². The molecule has 0 aliphatic carbocycles. The number of aromatic nitrogens is 4. The molecule has 11 nitrogen and oxygen atoms in total. The predicted molar refractivity (Wildman–Crippen MR) is 129 cm³/mol. The summed E-state index contributed by atoms with van der Waals surface area (Å²) in [6, 6.07) is 7.30. The molecule has 0 bridgehead atoms. The molecule has 3 heterocycles. The molecule has 2 aromatic heterocycles. The van der Waals surface area contributed by atoms with Gasteiger partial charge in [-0.1, -0.05) is 0 Å². The number of anilines is 1. The summed E-state index contributed by atoms with van der Waals surface area (Å²) in [7, 11) is 1.09. The molecule has 0 atom stereocenters. The zero-order valence-corrected chi connectivity index (χ0v) is 20.6. The number of piperidine rings is 1. The van der Waals surface area contributed by atoms with E-state index >= 15 is 0 Å². The zero-order chi connectivity index (χ0) is 25.2. The molecule has 1 aliphatic rings. The van der Waals surface area contributed by atoms with Crippen LogP contribution < -0.4 is 11.0 Å². The van der Waals surface area contributed by atoms with Gasteiger partial charge in [0.15, 0.2) is 0 Å². The van der Waals surface area contributed by atoms with Gasteiger partial charge in [0.2, 0.25) is 5.95 Å². The highest BCUT2D eigenvalue weighted by molar-refractivity contribution is 7.86. The Morgan fingerprint density at radius 1 is 1.17 bits per heavy atom. The van der Waals surface area contributed by atoms with E-state index in [9.17, 15) is 17.6 Å². The molecule has 1 N–H and O–H groups in total. The summed E-state index contributed by atoms with van der Waals surface area (Å²) < 4.78 is 48.8. The third-order valence-corrected chi connectivity index (χ3v) is 7.74. The van der Waals surface area contributed by atoms with E-state index in [-0.39, 0.29) is 18.5 Å². The molecule has 1 saturated heterocycles. The van der Waals surface area contributed by atoms with Crippen LogP contribution in [0.25, 0.3) is 17.1 Å². The van der Waals surface area contributed by atoms with Crippen molar-refractivity contribution >= 4 is 16.2 Å². The smallest absolute Gasteiger partial charge is 0.335 e. The minimum atomic E-state index is -3.44. The summed E-state index contributed by atoms with van der Waals surface area (Å²) in [4.78, 5) is 21.9. The normalized spacial score (nSPS) is 15.6. The van der Waals surface area contributed by atoms with Gasteiger partial charge >= 0.3 is 5.69 Å². The summed E-state index contributed by atoms with van der Waals surface area (Å²) in [5.74, 6) is -0.0355. The molecule has 1 aliphatic heterocycles. The number of hydrogen-bond donors (Lipinski definition) is 1. The van der Waals surface area contributed by atoms with Gasteiger partial charge < -0.3 is 10.1 Å². The van der Waals surface area contributed by atoms with Gasteiger partial charge in [0, 0.05) is 52.7 Å². The minimum Gasteiger partial charge on any atom is -0.364 e. The molecule has 13 heteroatoms. The summed E-state index contributed by atoms with van der Waals surface area (Å²) >= 11 is 0. The van der Waals surface area contributed by atoms with Crippen molar-refractivity contribution in [3.8, 4) is 17.1 Å². The SMILES string of the molecule is COCn1cc(-c2ccnc(NC3CCN(S(=O)(=O)N(C)C)CC3)n2)n(-c2ccc(F)cc2)c1=O. The van der Waals surface area contributed by atoms with Crippen LogP contribution in [0.2, 0.25) is 0 Å². The Bertz CT molecular complexity index is 1330. The molecule has 0 amide bonds. The maximum Gasteiger partial charge on any atom is 0.335 e. The first-order valence-electron chi connectivity index (χ1n) is 11.1. The van der Waals surface area contributed by atoms with Crippen LogP contribution in [0.3, 0.4) is 0 Å². The first kappa shape index (κ1) is 25.0. The van der Waals surface area contributed by atoms with Gasteiger partial charge in [-0.15, -0.1) is 0 Å². The fraction of sp³-hybridized carbons (Fsp3) is 0.409. The number of methoxy groups -OCH3 is 1. The van der Waals surface area contributed by atoms with Crippen LogP contribution in [-0.2, 0) is 21.7 Å². The molecule has 1 fully saturated rings. The molecule has 0 unspecified atom stereocenters. The highest BCUT2D eigenvalue weighted by Crippen LogP contribution is 2.23. The molecule has 0 saturated carbocycles. The highest BCUT2D eigenvalue weighted by Gasteiger charge is 2.29. The van der Waals surface area contributed by atoms with E-state index in [2.05, 4.69) is 15.3 Å². The second-order valence-electron chi connectivity index (χ2n) is 8.37. The van der Waals surface area contributed by atoms with E-state index < -0.39 is 16.0 Å². The lowest BCUT2D eigenvalue weighted by atomic mass is 10.1. The number of nitrogens with zero attached hydrogens (tertiary/aromatic N) is 6. The highest BCUT2D eigenvalue weighted by atomic mass is 32.2. The van der Waals surface area contributed by atoms with Crippen molar-refractivity contribution in [2.24, 2.45) is 0 Å². The maximum atomic E-state index is 13.5. The van der Waals surface area contributed by atoms with Crippen LogP contribution in [0.1, 0.15) is 12.8 Å². The van der Waals surface area contributed by atoms with Crippen molar-refractivity contribution in [1.82, 2.24) is 27.7 Å². The van der Waals surface area contributed by atoms with Gasteiger partial charge in [0.25, 0.3) is 10.2 Å². The summed E-state index contributed by atoms with van der Waals surface area (Å²) in [6.07, 6.45) is 4.42. The lowest BCUT2D eigenvalue weighted by Gasteiger charge is -2.33. The Morgan fingerprint density at radius 3 is 2.49 bits per heavy atom. The van der Waals surface area contributed by atoms with Gasteiger partial charge in [-0.2, -0.15) is 17.0 Å². The van der Waals surface area contributed by atoms with E-state index in [1.165, 1.54) is 63.2 Å². The van der Waals surface area contributed by atoms with Crippen molar-refractivity contribution in [1.29, 1.82) is 0 Å². The molecule has 0 radical (unpaired) electrons. The molecule has 0 spiro atoms. The average molecular weight is 506 g/mol. The summed E-state index contributed by atoms with van der Waals surface area (Å²) in [5.41, 5.74) is 1.13. The Kier molecular flexibility index (Phi) is 7.31. The molecule has 4 rings (SSSR count). The maximum absolute atomic E-state index is 13.5. The van der Waals surface area contributed by atoms with E-state index in [0.29, 0.717) is 49.0 Å². The van der Waals surface area contributed by atoms with Gasteiger partial charge in [0.1, 0.15) is 12.5 Å². The number of benzene rings is 1. The van der Waals surface area contributed by atoms with Crippen LogP contribution in [0.4, 0.5) is 10.3 Å². The number of imidazole rings is 1. The van der Waals surface area contributed by atoms with Crippen LogP contribution >= 0.6 is 0 Å². The second-order valence-corrected chi connectivity index (χ2v) is 10.5. The van der Waals surface area contributed by atoms with Gasteiger partial charge in [0.05, 0.1) is 17.1 Å². The lowest BCUT2D eigenvalue weighted by molar-refractivity contribution is 0.128. The van der Waals surface area contributed by atoms with Crippen LogP contribution in [0, 0.1) is 5.82 Å². The number of ether oxygens (including phenoxy) is 1. The van der Waals surface area contributed by atoms with Crippen LogP contribution in [0.5, 0.6) is 0 Å². The fourth-order valence-electron chi connectivity index (χ4n) is 3.96. The minimum absolute atomic E-state index is 0.00348. The monoisotopic (exact) mass is 505 g/mol. The van der Waals surface area contributed by atoms with Crippen molar-refractivity contribution in [3.63, 3.8) is 0 Å². The Morgan fingerprint density at radius 2 is 1.86 bits per heavy atom. The Hall–Kier alpha value is -3.13. The summed E-state index contributed by atoms with van der Waals surface area (Å²) in [6.45, 7) is 0.828. The van der Waals surface area contributed by atoms with Gasteiger partial charge in [-0.3, -0.25) is 9.13 Å². The lowest BCUT2D eigenvalue weighted by Crippen LogP contribution is -2.46. The van der Waals surface area contributed by atoms with E-state index in [4.69, 9.17) is 4.74 Å². The molecule has 3 aromatic rings. The number of nitrogens with one attached hydrogen (secondary N) is 1. The van der Waals surface area contributed by atoms with Crippen molar-refractivity contribution < 1.29 is 17.5 Å². The molecular weight excluding hydrogens is 477 g/mol.